The molecule has 1 saturated carbocycles. The summed E-state index contributed by atoms with van der Waals surface area (Å²) in [7, 11) is 0. The second kappa shape index (κ2) is 6.04. The van der Waals surface area contributed by atoms with E-state index in [9.17, 15) is 4.79 Å². The average molecular weight is 290 g/mol. The molecule has 0 saturated heterocycles. The van der Waals surface area contributed by atoms with E-state index in [0.29, 0.717) is 5.92 Å². The minimum atomic E-state index is -0.0388. The van der Waals surface area contributed by atoms with Crippen molar-refractivity contribution in [1.29, 1.82) is 0 Å². The van der Waals surface area contributed by atoms with Crippen molar-refractivity contribution in [3.63, 3.8) is 0 Å². The summed E-state index contributed by atoms with van der Waals surface area (Å²) in [5, 5.41) is 4.19. The van der Waals surface area contributed by atoms with Gasteiger partial charge >= 0.3 is 0 Å². The van der Waals surface area contributed by atoms with Crippen molar-refractivity contribution in [2.45, 2.75) is 58.4 Å². The van der Waals surface area contributed by atoms with Crippen LogP contribution in [-0.2, 0) is 4.79 Å². The average Bonchev–Trinajstić information content (AvgIpc) is 2.65. The van der Waals surface area contributed by atoms with Crippen LogP contribution in [0.25, 0.3) is 0 Å². The molecule has 3 atom stereocenters. The first-order valence-corrected chi connectivity index (χ1v) is 7.52. The fourth-order valence-corrected chi connectivity index (χ4v) is 3.34. The fourth-order valence-electron chi connectivity index (χ4n) is 2.46. The Morgan fingerprint density at radius 1 is 1.50 bits per heavy atom. The molecule has 0 aromatic rings. The smallest absolute Gasteiger partial charge is 0.223 e. The Labute approximate surface area is 108 Å². The maximum atomic E-state index is 12.2. The molecule has 16 heavy (non-hydrogen) atoms. The second-order valence-corrected chi connectivity index (χ2v) is 6.15. The molecule has 2 nitrogen and oxygen atoms in total. The lowest BCUT2D eigenvalue weighted by Gasteiger charge is -2.31. The van der Waals surface area contributed by atoms with Crippen LogP contribution in [0.3, 0.4) is 0 Å². The summed E-state index contributed by atoms with van der Waals surface area (Å²) in [5.41, 5.74) is -0.0388. The molecule has 1 rings (SSSR count). The van der Waals surface area contributed by atoms with E-state index in [1.54, 1.807) is 0 Å². The molecule has 0 aliphatic heterocycles. The van der Waals surface area contributed by atoms with Crippen molar-refractivity contribution in [2.75, 3.05) is 5.33 Å². The molecule has 1 aliphatic carbocycles. The zero-order valence-corrected chi connectivity index (χ0v) is 12.3. The maximum absolute atomic E-state index is 12.2. The Morgan fingerprint density at radius 3 is 2.62 bits per heavy atom. The summed E-state index contributed by atoms with van der Waals surface area (Å²) in [6.07, 6.45) is 5.47. The quantitative estimate of drug-likeness (QED) is 0.772. The highest BCUT2D eigenvalue weighted by Crippen LogP contribution is 2.32. The Hall–Kier alpha value is -0.0500. The van der Waals surface area contributed by atoms with E-state index in [4.69, 9.17) is 0 Å². The highest BCUT2D eigenvalue weighted by atomic mass is 79.9. The van der Waals surface area contributed by atoms with Crippen LogP contribution < -0.4 is 5.32 Å². The number of hydrogen-bond acceptors (Lipinski definition) is 1. The molecule has 0 bridgehead atoms. The van der Waals surface area contributed by atoms with Gasteiger partial charge in [-0.25, -0.2) is 0 Å². The lowest BCUT2D eigenvalue weighted by molar-refractivity contribution is -0.127. The largest absolute Gasteiger partial charge is 0.351 e. The number of hydrogen-bond donors (Lipinski definition) is 1. The lowest BCUT2D eigenvalue weighted by atomic mass is 9.91. The van der Waals surface area contributed by atoms with Crippen LogP contribution >= 0.6 is 15.9 Å². The minimum absolute atomic E-state index is 0.0388. The van der Waals surface area contributed by atoms with Gasteiger partial charge in [-0.15, -0.1) is 0 Å². The number of nitrogens with one attached hydrogen (secondary N) is 1. The molecular formula is C13H24BrNO. The Bertz CT molecular complexity index is 244. The van der Waals surface area contributed by atoms with Gasteiger partial charge in [0.2, 0.25) is 5.91 Å². The van der Waals surface area contributed by atoms with Crippen molar-refractivity contribution in [1.82, 2.24) is 5.32 Å². The Kier molecular flexibility index (Phi) is 5.29. The SMILES string of the molecule is CCC(C)(CCBr)NC(=O)C1CCCC1C. The number of amides is 1. The Balaban J connectivity index is 2.54. The lowest BCUT2D eigenvalue weighted by Crippen LogP contribution is -2.48. The van der Waals surface area contributed by atoms with E-state index in [1.807, 2.05) is 0 Å². The van der Waals surface area contributed by atoms with E-state index in [-0.39, 0.29) is 17.4 Å². The first-order valence-electron chi connectivity index (χ1n) is 6.40. The number of carbonyl (C=O) groups excluding carboxylic acids is 1. The third-order valence-electron chi connectivity index (χ3n) is 4.05. The minimum Gasteiger partial charge on any atom is -0.351 e. The van der Waals surface area contributed by atoms with Crippen LogP contribution in [0.15, 0.2) is 0 Å². The van der Waals surface area contributed by atoms with E-state index in [2.05, 4.69) is 42.0 Å². The normalized spacial score (nSPS) is 28.8. The van der Waals surface area contributed by atoms with Gasteiger partial charge in [0.25, 0.3) is 0 Å². The van der Waals surface area contributed by atoms with Crippen molar-refractivity contribution >= 4 is 21.8 Å². The number of halogens is 1. The number of carbonyl (C=O) groups is 1. The molecule has 3 unspecified atom stereocenters. The van der Waals surface area contributed by atoms with Gasteiger partial charge in [-0.1, -0.05) is 36.2 Å². The highest BCUT2D eigenvalue weighted by molar-refractivity contribution is 9.09. The predicted molar refractivity (Wildman–Crippen MR) is 71.8 cm³/mol. The highest BCUT2D eigenvalue weighted by Gasteiger charge is 2.33. The summed E-state index contributed by atoms with van der Waals surface area (Å²) >= 11 is 3.46. The van der Waals surface area contributed by atoms with E-state index >= 15 is 0 Å². The molecule has 0 radical (unpaired) electrons. The van der Waals surface area contributed by atoms with Crippen LogP contribution in [0.5, 0.6) is 0 Å². The number of alkyl halides is 1. The monoisotopic (exact) mass is 289 g/mol. The maximum Gasteiger partial charge on any atom is 0.223 e. The zero-order valence-electron chi connectivity index (χ0n) is 10.7. The van der Waals surface area contributed by atoms with Gasteiger partial charge < -0.3 is 5.32 Å². The first kappa shape index (κ1) is 14.0. The fraction of sp³-hybridized carbons (Fsp3) is 0.923. The van der Waals surface area contributed by atoms with Crippen LogP contribution in [0, 0.1) is 11.8 Å². The molecule has 1 aliphatic rings. The molecule has 1 N–H and O–H groups in total. The molecule has 0 aromatic heterocycles. The van der Waals surface area contributed by atoms with Gasteiger partial charge in [0, 0.05) is 16.8 Å². The molecule has 1 fully saturated rings. The zero-order chi connectivity index (χ0) is 12.2. The molecular weight excluding hydrogens is 266 g/mol. The standard InChI is InChI=1S/C13H24BrNO/c1-4-13(3,8-9-14)15-12(16)11-7-5-6-10(11)2/h10-11H,4-9H2,1-3H3,(H,15,16). The summed E-state index contributed by atoms with van der Waals surface area (Å²) in [4.78, 5) is 12.2. The number of rotatable bonds is 5. The Morgan fingerprint density at radius 2 is 2.19 bits per heavy atom. The van der Waals surface area contributed by atoms with Gasteiger partial charge in [0.15, 0.2) is 0 Å². The van der Waals surface area contributed by atoms with Gasteiger partial charge in [0.1, 0.15) is 0 Å². The van der Waals surface area contributed by atoms with Crippen LogP contribution in [0.4, 0.5) is 0 Å². The van der Waals surface area contributed by atoms with E-state index in [0.717, 1.165) is 24.6 Å². The van der Waals surface area contributed by atoms with E-state index < -0.39 is 0 Å². The van der Waals surface area contributed by atoms with Crippen molar-refractivity contribution < 1.29 is 4.79 Å². The molecule has 0 heterocycles. The summed E-state index contributed by atoms with van der Waals surface area (Å²) in [6.45, 7) is 6.48. The third kappa shape index (κ3) is 3.47. The van der Waals surface area contributed by atoms with Crippen LogP contribution in [0.1, 0.15) is 52.9 Å². The molecule has 0 spiro atoms. The second-order valence-electron chi connectivity index (χ2n) is 5.36. The van der Waals surface area contributed by atoms with Crippen molar-refractivity contribution in [3.05, 3.63) is 0 Å². The first-order chi connectivity index (χ1) is 7.52. The third-order valence-corrected chi connectivity index (χ3v) is 4.45. The van der Waals surface area contributed by atoms with Crippen LogP contribution in [0.2, 0.25) is 0 Å². The van der Waals surface area contributed by atoms with Gasteiger partial charge in [-0.05, 0) is 38.5 Å². The summed E-state index contributed by atoms with van der Waals surface area (Å²) in [6, 6.07) is 0. The van der Waals surface area contributed by atoms with Crippen molar-refractivity contribution in [3.8, 4) is 0 Å². The summed E-state index contributed by atoms with van der Waals surface area (Å²) in [5.74, 6) is 1.08. The molecule has 3 heteroatoms. The van der Waals surface area contributed by atoms with Crippen LogP contribution in [-0.4, -0.2) is 16.8 Å². The van der Waals surface area contributed by atoms with Gasteiger partial charge in [-0.3, -0.25) is 4.79 Å². The van der Waals surface area contributed by atoms with Gasteiger partial charge in [-0.2, -0.15) is 0 Å². The molecule has 94 valence electrons. The predicted octanol–water partition coefficient (Wildman–Crippen LogP) is 3.49. The van der Waals surface area contributed by atoms with E-state index in [1.165, 1.54) is 12.8 Å². The molecule has 0 aromatic carbocycles. The van der Waals surface area contributed by atoms with Gasteiger partial charge in [0.05, 0.1) is 0 Å². The molecule has 1 amide bonds. The van der Waals surface area contributed by atoms with Crippen molar-refractivity contribution in [2.24, 2.45) is 11.8 Å². The summed E-state index contributed by atoms with van der Waals surface area (Å²) < 4.78 is 0. The topological polar surface area (TPSA) is 29.1 Å².